The molecule has 0 radical (unpaired) electrons. The second-order valence-corrected chi connectivity index (χ2v) is 6.30. The molecule has 7 nitrogen and oxygen atoms in total. The molecule has 0 aliphatic carbocycles. The van der Waals surface area contributed by atoms with Crippen molar-refractivity contribution < 1.29 is 4.79 Å². The molecule has 2 aromatic heterocycles. The smallest absolute Gasteiger partial charge is 0.238 e. The molecule has 0 saturated heterocycles. The Hall–Kier alpha value is -2.15. The van der Waals surface area contributed by atoms with E-state index in [1.165, 1.54) is 0 Å². The summed E-state index contributed by atoms with van der Waals surface area (Å²) in [6, 6.07) is 2.20. The zero-order chi connectivity index (χ0) is 17.9. The molecular weight excluding hydrogens is 304 g/mol. The van der Waals surface area contributed by atoms with Crippen molar-refractivity contribution in [2.75, 3.05) is 11.9 Å². The monoisotopic (exact) mass is 332 g/mol. The number of hydrogen-bond acceptors (Lipinski definition) is 4. The molecule has 0 fully saturated rings. The molecule has 0 spiro atoms. The van der Waals surface area contributed by atoms with Crippen LogP contribution in [0.1, 0.15) is 36.6 Å². The summed E-state index contributed by atoms with van der Waals surface area (Å²) < 4.78 is 3.86. The highest BCUT2D eigenvalue weighted by Gasteiger charge is 2.14. The molecule has 0 aliphatic heterocycles. The van der Waals surface area contributed by atoms with E-state index in [2.05, 4.69) is 33.8 Å². The Morgan fingerprint density at radius 3 is 2.46 bits per heavy atom. The maximum atomic E-state index is 12.2. The normalized spacial score (nSPS) is 12.4. The summed E-state index contributed by atoms with van der Waals surface area (Å²) in [5, 5.41) is 15.1. The molecule has 24 heavy (non-hydrogen) atoms. The van der Waals surface area contributed by atoms with Gasteiger partial charge in [-0.25, -0.2) is 0 Å². The third-order valence-corrected chi connectivity index (χ3v) is 4.11. The predicted molar refractivity (Wildman–Crippen MR) is 95.2 cm³/mol. The first kappa shape index (κ1) is 18.2. The van der Waals surface area contributed by atoms with Crippen LogP contribution < -0.4 is 10.6 Å². The Labute approximate surface area is 143 Å². The largest absolute Gasteiger partial charge is 0.322 e. The van der Waals surface area contributed by atoms with Crippen molar-refractivity contribution in [1.29, 1.82) is 0 Å². The fraction of sp³-hybridized carbons (Fsp3) is 0.588. The third-order valence-electron chi connectivity index (χ3n) is 4.11. The lowest BCUT2D eigenvalue weighted by Gasteiger charge is -2.15. The lowest BCUT2D eigenvalue weighted by Crippen LogP contribution is -2.37. The molecule has 7 heteroatoms. The molecule has 1 atom stereocenters. The Balaban J connectivity index is 1.87. The fourth-order valence-electron chi connectivity index (χ4n) is 2.82. The number of rotatable bonds is 7. The van der Waals surface area contributed by atoms with Crippen molar-refractivity contribution in [1.82, 2.24) is 24.9 Å². The standard InChI is InChI=1S/C17H28N6O/c1-7-22-15(6)17(14(5)21-22)19-16(24)9-18-12(3)10-23-13(4)8-11(2)20-23/h8,12,18H,7,9-10H2,1-6H3,(H,19,24)/t12-/m0/s1. The SMILES string of the molecule is CCn1nc(C)c(NC(=O)CN[C@@H](C)Cn2nc(C)cc2C)c1C. The molecular formula is C17H28N6O. The van der Waals surface area contributed by atoms with E-state index in [1.807, 2.05) is 44.0 Å². The van der Waals surface area contributed by atoms with Gasteiger partial charge >= 0.3 is 0 Å². The summed E-state index contributed by atoms with van der Waals surface area (Å²) in [6.45, 7) is 13.8. The average Bonchev–Trinajstić information content (AvgIpc) is 2.97. The van der Waals surface area contributed by atoms with Crippen LogP contribution >= 0.6 is 0 Å². The summed E-state index contributed by atoms with van der Waals surface area (Å²) in [6.07, 6.45) is 0. The minimum atomic E-state index is -0.0583. The number of aryl methyl sites for hydroxylation is 4. The van der Waals surface area contributed by atoms with E-state index >= 15 is 0 Å². The summed E-state index contributed by atoms with van der Waals surface area (Å²) in [5.74, 6) is -0.0583. The van der Waals surface area contributed by atoms with Gasteiger partial charge in [-0.05, 0) is 47.6 Å². The van der Waals surface area contributed by atoms with Gasteiger partial charge in [0.1, 0.15) is 0 Å². The van der Waals surface area contributed by atoms with Crippen LogP contribution in [-0.4, -0.2) is 38.1 Å². The van der Waals surface area contributed by atoms with Crippen molar-refractivity contribution in [3.05, 3.63) is 28.8 Å². The van der Waals surface area contributed by atoms with Gasteiger partial charge in [-0.15, -0.1) is 0 Å². The zero-order valence-corrected chi connectivity index (χ0v) is 15.5. The second-order valence-electron chi connectivity index (χ2n) is 6.30. The van der Waals surface area contributed by atoms with E-state index < -0.39 is 0 Å². The first-order chi connectivity index (χ1) is 11.3. The van der Waals surface area contributed by atoms with E-state index in [9.17, 15) is 4.79 Å². The number of nitrogens with zero attached hydrogens (tertiary/aromatic N) is 4. The lowest BCUT2D eigenvalue weighted by molar-refractivity contribution is -0.115. The third kappa shape index (κ3) is 4.23. The number of nitrogens with one attached hydrogen (secondary N) is 2. The van der Waals surface area contributed by atoms with Crippen molar-refractivity contribution in [2.24, 2.45) is 0 Å². The van der Waals surface area contributed by atoms with Gasteiger partial charge in [-0.1, -0.05) is 0 Å². The molecule has 2 rings (SSSR count). The molecule has 0 saturated carbocycles. The van der Waals surface area contributed by atoms with Crippen LogP contribution in [0.5, 0.6) is 0 Å². The highest BCUT2D eigenvalue weighted by atomic mass is 16.1. The summed E-state index contributed by atoms with van der Waals surface area (Å²) in [7, 11) is 0. The van der Waals surface area contributed by atoms with E-state index in [0.29, 0.717) is 0 Å². The Bertz CT molecular complexity index is 715. The topological polar surface area (TPSA) is 76.8 Å². The maximum absolute atomic E-state index is 12.2. The summed E-state index contributed by atoms with van der Waals surface area (Å²) >= 11 is 0. The molecule has 0 unspecified atom stereocenters. The second kappa shape index (κ2) is 7.61. The van der Waals surface area contributed by atoms with Crippen molar-refractivity contribution in [2.45, 2.75) is 60.7 Å². The van der Waals surface area contributed by atoms with E-state index in [0.717, 1.165) is 41.6 Å². The van der Waals surface area contributed by atoms with Crippen LogP contribution in [0, 0.1) is 27.7 Å². The van der Waals surface area contributed by atoms with E-state index in [4.69, 9.17) is 0 Å². The number of carbonyl (C=O) groups excluding carboxylic acids is 1. The molecule has 2 N–H and O–H groups in total. The molecule has 132 valence electrons. The number of anilines is 1. The number of aromatic nitrogens is 4. The first-order valence-electron chi connectivity index (χ1n) is 8.40. The predicted octanol–water partition coefficient (Wildman–Crippen LogP) is 1.95. The molecule has 0 bridgehead atoms. The van der Waals surface area contributed by atoms with Crippen LogP contribution in [-0.2, 0) is 17.9 Å². The molecule has 2 aromatic rings. The van der Waals surface area contributed by atoms with Gasteiger partial charge in [0.15, 0.2) is 0 Å². The molecule has 1 amide bonds. The van der Waals surface area contributed by atoms with Crippen molar-refractivity contribution in [3.63, 3.8) is 0 Å². The number of amides is 1. The summed E-state index contributed by atoms with van der Waals surface area (Å²) in [5.41, 5.74) is 4.78. The molecule has 2 heterocycles. The van der Waals surface area contributed by atoms with Crippen molar-refractivity contribution in [3.8, 4) is 0 Å². The Kier molecular flexibility index (Phi) is 5.77. The maximum Gasteiger partial charge on any atom is 0.238 e. The van der Waals surface area contributed by atoms with Gasteiger partial charge in [-0.2, -0.15) is 10.2 Å². The van der Waals surface area contributed by atoms with Crippen LogP contribution in [0.2, 0.25) is 0 Å². The zero-order valence-electron chi connectivity index (χ0n) is 15.5. The van der Waals surface area contributed by atoms with Crippen LogP contribution in [0.4, 0.5) is 5.69 Å². The van der Waals surface area contributed by atoms with Crippen molar-refractivity contribution >= 4 is 11.6 Å². The minimum Gasteiger partial charge on any atom is -0.322 e. The Morgan fingerprint density at radius 1 is 1.21 bits per heavy atom. The average molecular weight is 332 g/mol. The van der Waals surface area contributed by atoms with Crippen LogP contribution in [0.15, 0.2) is 6.07 Å². The van der Waals surface area contributed by atoms with Crippen LogP contribution in [0.3, 0.4) is 0 Å². The van der Waals surface area contributed by atoms with Crippen LogP contribution in [0.25, 0.3) is 0 Å². The number of hydrogen-bond donors (Lipinski definition) is 2. The fourth-order valence-corrected chi connectivity index (χ4v) is 2.82. The van der Waals surface area contributed by atoms with Gasteiger partial charge in [0.2, 0.25) is 5.91 Å². The molecule has 0 aliphatic rings. The lowest BCUT2D eigenvalue weighted by atomic mass is 10.3. The minimum absolute atomic E-state index is 0.0583. The number of carbonyl (C=O) groups is 1. The van der Waals surface area contributed by atoms with Gasteiger partial charge in [0.05, 0.1) is 35.9 Å². The first-order valence-corrected chi connectivity index (χ1v) is 8.40. The van der Waals surface area contributed by atoms with Gasteiger partial charge in [-0.3, -0.25) is 14.2 Å². The van der Waals surface area contributed by atoms with Gasteiger partial charge < -0.3 is 10.6 Å². The Morgan fingerprint density at radius 2 is 1.92 bits per heavy atom. The van der Waals surface area contributed by atoms with Gasteiger partial charge in [0, 0.05) is 18.3 Å². The quantitative estimate of drug-likeness (QED) is 0.812. The summed E-state index contributed by atoms with van der Waals surface area (Å²) in [4.78, 5) is 12.2. The highest BCUT2D eigenvalue weighted by Crippen LogP contribution is 2.18. The van der Waals surface area contributed by atoms with E-state index in [1.54, 1.807) is 0 Å². The highest BCUT2D eigenvalue weighted by molar-refractivity contribution is 5.93. The van der Waals surface area contributed by atoms with E-state index in [-0.39, 0.29) is 18.5 Å². The molecule has 0 aromatic carbocycles. The van der Waals surface area contributed by atoms with Gasteiger partial charge in [0.25, 0.3) is 0 Å².